The minimum Gasteiger partial charge on any atom is -0.469 e. The average Bonchev–Trinajstić information content (AvgIpc) is 2.75. The van der Waals surface area contributed by atoms with Gasteiger partial charge in [0.1, 0.15) is 5.69 Å². The monoisotopic (exact) mass is 314 g/mol. The number of esters is 1. The van der Waals surface area contributed by atoms with E-state index in [1.165, 1.54) is 7.11 Å². The van der Waals surface area contributed by atoms with Gasteiger partial charge in [-0.15, -0.1) is 0 Å². The third kappa shape index (κ3) is 3.05. The summed E-state index contributed by atoms with van der Waals surface area (Å²) in [5.41, 5.74) is 0.964. The van der Waals surface area contributed by atoms with E-state index in [-0.39, 0.29) is 30.5 Å². The maximum Gasteiger partial charge on any atom is 0.307 e. The van der Waals surface area contributed by atoms with Crippen LogP contribution in [0.4, 0.5) is 0 Å². The standard InChI is InChI=1S/C13H12Cl2N2O3/c1-20-10(18)4-5-16-13(19)12-11(15)8-6-7(14)2-3-9(8)17-12/h2-3,6,17H,4-5H2,1H3,(H,16,19). The van der Waals surface area contributed by atoms with Crippen LogP contribution in [-0.4, -0.2) is 30.5 Å². The minimum absolute atomic E-state index is 0.103. The van der Waals surface area contributed by atoms with Crippen LogP contribution in [0.3, 0.4) is 0 Å². The van der Waals surface area contributed by atoms with Crippen LogP contribution in [0.2, 0.25) is 10.0 Å². The molecule has 2 rings (SSSR count). The van der Waals surface area contributed by atoms with Crippen molar-refractivity contribution in [3.63, 3.8) is 0 Å². The van der Waals surface area contributed by atoms with E-state index in [0.717, 1.165) is 5.52 Å². The van der Waals surface area contributed by atoms with Gasteiger partial charge >= 0.3 is 5.97 Å². The Balaban J connectivity index is 2.14. The first kappa shape index (κ1) is 14.7. The summed E-state index contributed by atoms with van der Waals surface area (Å²) in [6, 6.07) is 5.13. The molecule has 1 aromatic heterocycles. The Hall–Kier alpha value is -1.72. The highest BCUT2D eigenvalue weighted by molar-refractivity contribution is 6.39. The number of carbonyl (C=O) groups excluding carboxylic acids is 2. The fourth-order valence-corrected chi connectivity index (χ4v) is 2.22. The van der Waals surface area contributed by atoms with Crippen LogP contribution >= 0.6 is 23.2 Å². The number of amides is 1. The Kier molecular flexibility index (Phi) is 4.52. The first-order valence-electron chi connectivity index (χ1n) is 5.84. The number of fused-ring (bicyclic) bond motifs is 1. The maximum atomic E-state index is 12.0. The number of nitrogens with one attached hydrogen (secondary N) is 2. The van der Waals surface area contributed by atoms with Gasteiger partial charge in [0.2, 0.25) is 0 Å². The van der Waals surface area contributed by atoms with Crippen LogP contribution in [0.5, 0.6) is 0 Å². The molecule has 2 aromatic rings. The van der Waals surface area contributed by atoms with Gasteiger partial charge in [-0.2, -0.15) is 0 Å². The molecule has 2 N–H and O–H groups in total. The molecule has 0 saturated carbocycles. The molecule has 0 fully saturated rings. The molecular formula is C13H12Cl2N2O3. The zero-order valence-electron chi connectivity index (χ0n) is 10.6. The van der Waals surface area contributed by atoms with E-state index < -0.39 is 0 Å². The van der Waals surface area contributed by atoms with Gasteiger partial charge in [-0.1, -0.05) is 23.2 Å². The van der Waals surface area contributed by atoms with E-state index >= 15 is 0 Å². The van der Waals surface area contributed by atoms with E-state index in [1.807, 2.05) is 0 Å². The maximum absolute atomic E-state index is 12.0. The predicted molar refractivity (Wildman–Crippen MR) is 77.3 cm³/mol. The molecule has 0 aliphatic carbocycles. The summed E-state index contributed by atoms with van der Waals surface area (Å²) in [6.07, 6.45) is 0.103. The minimum atomic E-state index is -0.389. The quantitative estimate of drug-likeness (QED) is 0.852. The highest BCUT2D eigenvalue weighted by Crippen LogP contribution is 2.29. The van der Waals surface area contributed by atoms with Crippen LogP contribution < -0.4 is 5.32 Å². The topological polar surface area (TPSA) is 71.2 Å². The number of aromatic amines is 1. The van der Waals surface area contributed by atoms with E-state index in [2.05, 4.69) is 15.0 Å². The molecule has 0 radical (unpaired) electrons. The van der Waals surface area contributed by atoms with Gasteiger partial charge in [0.05, 0.1) is 18.6 Å². The Bertz CT molecular complexity index is 667. The summed E-state index contributed by atoms with van der Waals surface area (Å²) in [7, 11) is 1.29. The zero-order chi connectivity index (χ0) is 14.7. The molecule has 0 saturated heterocycles. The smallest absolute Gasteiger partial charge is 0.307 e. The van der Waals surface area contributed by atoms with Crippen molar-refractivity contribution in [2.24, 2.45) is 0 Å². The Morgan fingerprint density at radius 1 is 1.35 bits per heavy atom. The highest BCUT2D eigenvalue weighted by atomic mass is 35.5. The number of halogens is 2. The number of rotatable bonds is 4. The van der Waals surface area contributed by atoms with Crippen molar-refractivity contribution in [2.45, 2.75) is 6.42 Å². The lowest BCUT2D eigenvalue weighted by atomic mass is 10.2. The zero-order valence-corrected chi connectivity index (χ0v) is 12.1. The van der Waals surface area contributed by atoms with E-state index in [4.69, 9.17) is 23.2 Å². The van der Waals surface area contributed by atoms with Crippen LogP contribution in [0.1, 0.15) is 16.9 Å². The second kappa shape index (κ2) is 6.15. The molecule has 106 valence electrons. The molecule has 1 heterocycles. The number of carbonyl (C=O) groups is 2. The third-order valence-corrected chi connectivity index (χ3v) is 3.39. The Labute approximate surface area is 125 Å². The van der Waals surface area contributed by atoms with Gasteiger partial charge in [-0.3, -0.25) is 9.59 Å². The second-order valence-corrected chi connectivity index (χ2v) is 4.90. The molecule has 0 unspecified atom stereocenters. The fourth-order valence-electron chi connectivity index (χ4n) is 1.76. The lowest BCUT2D eigenvalue weighted by molar-refractivity contribution is -0.140. The Morgan fingerprint density at radius 2 is 2.10 bits per heavy atom. The van der Waals surface area contributed by atoms with Crippen LogP contribution in [0.25, 0.3) is 10.9 Å². The van der Waals surface area contributed by atoms with Crippen LogP contribution in [0.15, 0.2) is 18.2 Å². The molecule has 0 atom stereocenters. The lowest BCUT2D eigenvalue weighted by Crippen LogP contribution is -2.26. The first-order chi connectivity index (χ1) is 9.52. The first-order valence-corrected chi connectivity index (χ1v) is 6.60. The molecule has 0 aliphatic rings. The van der Waals surface area contributed by atoms with Crippen molar-refractivity contribution in [1.29, 1.82) is 0 Å². The number of hydrogen-bond acceptors (Lipinski definition) is 3. The van der Waals surface area contributed by atoms with Crippen molar-refractivity contribution in [3.8, 4) is 0 Å². The number of hydrogen-bond donors (Lipinski definition) is 2. The third-order valence-electron chi connectivity index (χ3n) is 2.77. The van der Waals surface area contributed by atoms with E-state index in [1.54, 1.807) is 18.2 Å². The molecule has 20 heavy (non-hydrogen) atoms. The normalized spacial score (nSPS) is 10.6. The summed E-state index contributed by atoms with van der Waals surface area (Å²) in [5.74, 6) is -0.772. The number of aromatic nitrogens is 1. The van der Waals surface area contributed by atoms with Crippen molar-refractivity contribution < 1.29 is 14.3 Å². The predicted octanol–water partition coefficient (Wildman–Crippen LogP) is 2.77. The molecule has 1 amide bonds. The lowest BCUT2D eigenvalue weighted by Gasteiger charge is -2.03. The van der Waals surface area contributed by atoms with Crippen LogP contribution in [0, 0.1) is 0 Å². The summed E-state index contributed by atoms with van der Waals surface area (Å²) < 4.78 is 4.48. The molecular weight excluding hydrogens is 303 g/mol. The van der Waals surface area contributed by atoms with Gasteiger partial charge in [0, 0.05) is 22.5 Å². The van der Waals surface area contributed by atoms with Crippen LogP contribution in [-0.2, 0) is 9.53 Å². The summed E-state index contributed by atoms with van der Waals surface area (Å²) in [4.78, 5) is 25.9. The highest BCUT2D eigenvalue weighted by Gasteiger charge is 2.16. The van der Waals surface area contributed by atoms with Gasteiger partial charge in [-0.05, 0) is 18.2 Å². The van der Waals surface area contributed by atoms with Crippen molar-refractivity contribution >= 4 is 46.0 Å². The molecule has 0 aliphatic heterocycles. The number of ether oxygens (including phenoxy) is 1. The molecule has 5 nitrogen and oxygen atoms in total. The van der Waals surface area contributed by atoms with Gasteiger partial charge in [-0.25, -0.2) is 0 Å². The largest absolute Gasteiger partial charge is 0.469 e. The molecule has 0 spiro atoms. The fraction of sp³-hybridized carbons (Fsp3) is 0.231. The Morgan fingerprint density at radius 3 is 2.80 bits per heavy atom. The van der Waals surface area contributed by atoms with E-state index in [0.29, 0.717) is 15.4 Å². The van der Waals surface area contributed by atoms with Gasteiger partial charge in [0.25, 0.3) is 5.91 Å². The van der Waals surface area contributed by atoms with Gasteiger partial charge in [0.15, 0.2) is 0 Å². The molecule has 0 bridgehead atoms. The van der Waals surface area contributed by atoms with Crippen molar-refractivity contribution in [3.05, 3.63) is 33.9 Å². The SMILES string of the molecule is COC(=O)CCNC(=O)c1[nH]c2ccc(Cl)cc2c1Cl. The summed E-state index contributed by atoms with van der Waals surface area (Å²) >= 11 is 12.0. The number of benzene rings is 1. The number of methoxy groups -OCH3 is 1. The average molecular weight is 315 g/mol. The summed E-state index contributed by atoms with van der Waals surface area (Å²) in [5, 5.41) is 4.11. The second-order valence-electron chi connectivity index (χ2n) is 4.09. The molecule has 1 aromatic carbocycles. The van der Waals surface area contributed by atoms with Gasteiger partial charge < -0.3 is 15.0 Å². The summed E-state index contributed by atoms with van der Waals surface area (Å²) in [6.45, 7) is 0.179. The number of H-pyrrole nitrogens is 1. The van der Waals surface area contributed by atoms with E-state index in [9.17, 15) is 9.59 Å². The van der Waals surface area contributed by atoms with Crippen molar-refractivity contribution in [2.75, 3.05) is 13.7 Å². The van der Waals surface area contributed by atoms with Crippen molar-refractivity contribution in [1.82, 2.24) is 10.3 Å². The molecule has 7 heteroatoms.